The molecular formula is C10H13. The van der Waals surface area contributed by atoms with Crippen LogP contribution >= 0.6 is 0 Å². The lowest BCUT2D eigenvalue weighted by Crippen LogP contribution is -1.73. The lowest BCUT2D eigenvalue weighted by atomic mass is 10.1. The van der Waals surface area contributed by atoms with E-state index in [1.807, 2.05) is 0 Å². The third-order valence-corrected chi connectivity index (χ3v) is 1.46. The van der Waals surface area contributed by atoms with Crippen molar-refractivity contribution >= 4 is 0 Å². The maximum absolute atomic E-state index is 2.21. The van der Waals surface area contributed by atoms with Gasteiger partial charge in [0.1, 0.15) is 0 Å². The van der Waals surface area contributed by atoms with Crippen molar-refractivity contribution in [2.45, 2.75) is 19.3 Å². The van der Waals surface area contributed by atoms with E-state index in [4.69, 9.17) is 0 Å². The summed E-state index contributed by atoms with van der Waals surface area (Å²) >= 11 is 0. The van der Waals surface area contributed by atoms with E-state index in [9.17, 15) is 0 Å². The van der Waals surface area contributed by atoms with Gasteiger partial charge in [0.05, 0.1) is 0 Å². The van der Waals surface area contributed by atoms with Crippen LogP contribution in [0.5, 0.6) is 0 Å². The molecule has 0 atom stereocenters. The van der Waals surface area contributed by atoms with Crippen LogP contribution in [-0.4, -0.2) is 0 Å². The summed E-state index contributed by atoms with van der Waals surface area (Å²) in [5.74, 6) is 0. The molecule has 0 N–H and O–H groups in total. The summed E-state index contributed by atoms with van der Waals surface area (Å²) < 4.78 is 0. The molecule has 0 fully saturated rings. The van der Waals surface area contributed by atoms with Gasteiger partial charge in [-0.05, 0) is 25.7 Å². The molecule has 0 spiro atoms. The Balaban J connectivity index is 2.40. The molecular weight excluding hydrogens is 120 g/mol. The average molecular weight is 133 g/mol. The van der Waals surface area contributed by atoms with Crippen molar-refractivity contribution in [1.29, 1.82) is 0 Å². The minimum atomic E-state index is 1.20. The molecule has 1 aliphatic carbocycles. The van der Waals surface area contributed by atoms with E-state index in [0.29, 0.717) is 0 Å². The highest BCUT2D eigenvalue weighted by atomic mass is 13.9. The predicted molar refractivity (Wildman–Crippen MR) is 45.6 cm³/mol. The SMILES string of the molecule is [CH]1/C=C/C=C\C=C/CCC1. The summed E-state index contributed by atoms with van der Waals surface area (Å²) in [5.41, 5.74) is 0. The Hall–Kier alpha value is -0.780. The standard InChI is InChI=1S/C10H13/c1-2-4-6-8-10-9-7-5-3-1/h1-7H,8-10H2/b2-1-,5-3+,6-4-. The predicted octanol–water partition coefficient (Wildman–Crippen LogP) is 3.04. The molecule has 0 heterocycles. The summed E-state index contributed by atoms with van der Waals surface area (Å²) in [6, 6.07) is 0. The summed E-state index contributed by atoms with van der Waals surface area (Å²) in [7, 11) is 0. The summed E-state index contributed by atoms with van der Waals surface area (Å²) in [6.45, 7) is 0. The molecule has 0 unspecified atom stereocenters. The first kappa shape index (κ1) is 7.33. The zero-order chi connectivity index (χ0) is 7.07. The van der Waals surface area contributed by atoms with Crippen LogP contribution in [0.3, 0.4) is 0 Å². The first-order valence-corrected chi connectivity index (χ1v) is 3.82. The van der Waals surface area contributed by atoms with Crippen LogP contribution in [0.4, 0.5) is 0 Å². The van der Waals surface area contributed by atoms with Gasteiger partial charge < -0.3 is 0 Å². The Morgan fingerprint density at radius 2 is 1.50 bits per heavy atom. The molecule has 0 aromatic carbocycles. The molecule has 0 aromatic heterocycles. The molecule has 53 valence electrons. The van der Waals surface area contributed by atoms with E-state index < -0.39 is 0 Å². The fourth-order valence-electron chi connectivity index (χ4n) is 0.896. The molecule has 1 rings (SSSR count). The second kappa shape index (κ2) is 5.04. The second-order valence-electron chi connectivity index (χ2n) is 2.36. The van der Waals surface area contributed by atoms with Gasteiger partial charge in [0.15, 0.2) is 0 Å². The third kappa shape index (κ3) is 3.29. The van der Waals surface area contributed by atoms with Crippen LogP contribution in [0.2, 0.25) is 0 Å². The van der Waals surface area contributed by atoms with Crippen molar-refractivity contribution in [2.75, 3.05) is 0 Å². The molecule has 0 aliphatic heterocycles. The molecule has 0 bridgehead atoms. The summed E-state index contributed by atoms with van der Waals surface area (Å²) in [4.78, 5) is 0. The van der Waals surface area contributed by atoms with E-state index in [0.717, 1.165) is 0 Å². The quantitative estimate of drug-likeness (QED) is 0.476. The third-order valence-electron chi connectivity index (χ3n) is 1.46. The monoisotopic (exact) mass is 133 g/mol. The molecule has 0 nitrogen and oxygen atoms in total. The van der Waals surface area contributed by atoms with Crippen LogP contribution < -0.4 is 0 Å². The fraction of sp³-hybridized carbons (Fsp3) is 0.300. The minimum absolute atomic E-state index is 1.20. The van der Waals surface area contributed by atoms with Gasteiger partial charge in [0.2, 0.25) is 0 Å². The van der Waals surface area contributed by atoms with Gasteiger partial charge in [-0.3, -0.25) is 0 Å². The largest absolute Gasteiger partial charge is 0.0845 e. The number of allylic oxidation sites excluding steroid dienone is 6. The second-order valence-corrected chi connectivity index (χ2v) is 2.36. The molecule has 1 radical (unpaired) electrons. The molecule has 0 saturated heterocycles. The van der Waals surface area contributed by atoms with E-state index in [1.54, 1.807) is 0 Å². The van der Waals surface area contributed by atoms with Crippen molar-refractivity contribution < 1.29 is 0 Å². The molecule has 0 amide bonds. The van der Waals surface area contributed by atoms with Crippen LogP contribution in [0.1, 0.15) is 19.3 Å². The highest BCUT2D eigenvalue weighted by Crippen LogP contribution is 2.02. The Bertz CT molecular complexity index is 131. The lowest BCUT2D eigenvalue weighted by molar-refractivity contribution is 0.842. The zero-order valence-corrected chi connectivity index (χ0v) is 6.16. The smallest absolute Gasteiger partial charge is 0.0167 e. The van der Waals surface area contributed by atoms with Crippen molar-refractivity contribution in [1.82, 2.24) is 0 Å². The minimum Gasteiger partial charge on any atom is -0.0845 e. The topological polar surface area (TPSA) is 0 Å². The van der Waals surface area contributed by atoms with Crippen molar-refractivity contribution in [2.24, 2.45) is 0 Å². The maximum atomic E-state index is 2.21. The maximum Gasteiger partial charge on any atom is -0.0167 e. The highest BCUT2D eigenvalue weighted by molar-refractivity contribution is 5.14. The zero-order valence-electron chi connectivity index (χ0n) is 6.16. The summed E-state index contributed by atoms with van der Waals surface area (Å²) in [6.07, 6.45) is 18.5. The molecule has 1 aliphatic rings. The summed E-state index contributed by atoms with van der Waals surface area (Å²) in [5, 5.41) is 0. The van der Waals surface area contributed by atoms with Crippen molar-refractivity contribution in [3.05, 3.63) is 42.9 Å². The first-order chi connectivity index (χ1) is 5.00. The van der Waals surface area contributed by atoms with Gasteiger partial charge in [-0.25, -0.2) is 0 Å². The highest BCUT2D eigenvalue weighted by Gasteiger charge is 1.83. The Kier molecular flexibility index (Phi) is 3.69. The molecule has 0 aromatic rings. The average Bonchev–Trinajstić information content (AvgIpc) is 2.01. The Morgan fingerprint density at radius 3 is 2.50 bits per heavy atom. The van der Waals surface area contributed by atoms with Crippen LogP contribution in [0, 0.1) is 6.42 Å². The Morgan fingerprint density at radius 1 is 0.700 bits per heavy atom. The normalized spacial score (nSPS) is 28.8. The fourth-order valence-corrected chi connectivity index (χ4v) is 0.896. The van der Waals surface area contributed by atoms with Gasteiger partial charge in [-0.1, -0.05) is 36.5 Å². The van der Waals surface area contributed by atoms with Gasteiger partial charge >= 0.3 is 0 Å². The van der Waals surface area contributed by atoms with E-state index in [1.165, 1.54) is 19.3 Å². The van der Waals surface area contributed by atoms with Crippen LogP contribution in [-0.2, 0) is 0 Å². The number of rotatable bonds is 0. The van der Waals surface area contributed by atoms with Crippen molar-refractivity contribution in [3.8, 4) is 0 Å². The van der Waals surface area contributed by atoms with Crippen LogP contribution in [0.15, 0.2) is 36.5 Å². The molecule has 0 heteroatoms. The molecule has 10 heavy (non-hydrogen) atoms. The van der Waals surface area contributed by atoms with Gasteiger partial charge in [-0.2, -0.15) is 0 Å². The molecule has 0 saturated carbocycles. The van der Waals surface area contributed by atoms with E-state index >= 15 is 0 Å². The van der Waals surface area contributed by atoms with Crippen molar-refractivity contribution in [3.63, 3.8) is 0 Å². The number of hydrogen-bond donors (Lipinski definition) is 0. The van der Waals surface area contributed by atoms with Gasteiger partial charge in [0, 0.05) is 0 Å². The van der Waals surface area contributed by atoms with Gasteiger partial charge in [-0.15, -0.1) is 0 Å². The van der Waals surface area contributed by atoms with Crippen LogP contribution in [0.25, 0.3) is 0 Å². The lowest BCUT2D eigenvalue weighted by Gasteiger charge is -1.92. The van der Waals surface area contributed by atoms with Gasteiger partial charge in [0.25, 0.3) is 0 Å². The first-order valence-electron chi connectivity index (χ1n) is 3.82. The number of hydrogen-bond acceptors (Lipinski definition) is 0. The van der Waals surface area contributed by atoms with E-state index in [-0.39, 0.29) is 0 Å². The Labute approximate surface area is 62.9 Å². The van der Waals surface area contributed by atoms with E-state index in [2.05, 4.69) is 42.9 Å².